The van der Waals surface area contributed by atoms with Gasteiger partial charge in [0.05, 0.1) is 11.4 Å². The minimum Gasteiger partial charge on any atom is -0.340 e. The quantitative estimate of drug-likeness (QED) is 0.891. The second kappa shape index (κ2) is 6.24. The van der Waals surface area contributed by atoms with E-state index in [2.05, 4.69) is 10.2 Å². The van der Waals surface area contributed by atoms with Crippen LogP contribution in [-0.2, 0) is 14.8 Å². The van der Waals surface area contributed by atoms with E-state index in [-0.39, 0.29) is 16.7 Å². The molecule has 2 aliphatic rings. The first-order chi connectivity index (χ1) is 10.9. The highest BCUT2D eigenvalue weighted by Crippen LogP contribution is 2.28. The number of nitrogens with zero attached hydrogens (tertiary/aromatic N) is 3. The predicted molar refractivity (Wildman–Crippen MR) is 85.4 cm³/mol. The fourth-order valence-electron chi connectivity index (χ4n) is 3.63. The number of amides is 1. The molecule has 23 heavy (non-hydrogen) atoms. The zero-order chi connectivity index (χ0) is 16.6. The molecule has 0 aromatic carbocycles. The molecule has 0 spiro atoms. The van der Waals surface area contributed by atoms with E-state index in [1.807, 2.05) is 4.90 Å². The molecule has 0 unspecified atom stereocenters. The first-order valence-corrected chi connectivity index (χ1v) is 9.66. The van der Waals surface area contributed by atoms with Crippen LogP contribution in [0.25, 0.3) is 0 Å². The van der Waals surface area contributed by atoms with Crippen LogP contribution >= 0.6 is 0 Å². The van der Waals surface area contributed by atoms with Crippen LogP contribution in [-0.4, -0.2) is 59.9 Å². The Hall–Kier alpha value is -1.41. The molecule has 1 N–H and O–H groups in total. The van der Waals surface area contributed by atoms with Crippen molar-refractivity contribution in [3.63, 3.8) is 0 Å². The third kappa shape index (κ3) is 3.01. The molecule has 0 atom stereocenters. The first kappa shape index (κ1) is 16.4. The molecule has 1 amide bonds. The molecule has 1 aliphatic heterocycles. The Morgan fingerprint density at radius 3 is 2.26 bits per heavy atom. The zero-order valence-corrected chi connectivity index (χ0v) is 14.5. The summed E-state index contributed by atoms with van der Waals surface area (Å²) in [7, 11) is -3.55. The Labute approximate surface area is 137 Å². The van der Waals surface area contributed by atoms with E-state index in [1.165, 1.54) is 4.31 Å². The van der Waals surface area contributed by atoms with E-state index < -0.39 is 10.0 Å². The summed E-state index contributed by atoms with van der Waals surface area (Å²) in [5.41, 5.74) is 1.05. The van der Waals surface area contributed by atoms with Crippen molar-refractivity contribution in [1.29, 1.82) is 0 Å². The van der Waals surface area contributed by atoms with Gasteiger partial charge in [-0.15, -0.1) is 0 Å². The molecular weight excluding hydrogens is 316 g/mol. The summed E-state index contributed by atoms with van der Waals surface area (Å²) in [6.07, 6.45) is 4.21. The number of aryl methyl sites for hydroxylation is 2. The van der Waals surface area contributed by atoms with Crippen LogP contribution in [0.1, 0.15) is 37.1 Å². The van der Waals surface area contributed by atoms with E-state index in [0.29, 0.717) is 37.6 Å². The van der Waals surface area contributed by atoms with Crippen molar-refractivity contribution >= 4 is 15.9 Å². The topological polar surface area (TPSA) is 86.4 Å². The lowest BCUT2D eigenvalue weighted by Crippen LogP contribution is -2.51. The second-order valence-corrected chi connectivity index (χ2v) is 8.35. The Balaban J connectivity index is 1.68. The van der Waals surface area contributed by atoms with Gasteiger partial charge in [0.15, 0.2) is 0 Å². The molecule has 0 bridgehead atoms. The summed E-state index contributed by atoms with van der Waals surface area (Å²) >= 11 is 0. The molecule has 3 rings (SSSR count). The minimum absolute atomic E-state index is 0.150. The number of hydrogen-bond acceptors (Lipinski definition) is 4. The van der Waals surface area contributed by atoms with Gasteiger partial charge in [-0.05, 0) is 26.7 Å². The van der Waals surface area contributed by atoms with Gasteiger partial charge in [0.1, 0.15) is 4.90 Å². The van der Waals surface area contributed by atoms with E-state index in [1.54, 1.807) is 13.8 Å². The molecule has 2 fully saturated rings. The van der Waals surface area contributed by atoms with Crippen molar-refractivity contribution in [2.24, 2.45) is 5.92 Å². The molecule has 1 saturated heterocycles. The van der Waals surface area contributed by atoms with Gasteiger partial charge in [0.2, 0.25) is 15.9 Å². The fourth-order valence-corrected chi connectivity index (χ4v) is 5.38. The lowest BCUT2D eigenvalue weighted by atomic mass is 10.1. The van der Waals surface area contributed by atoms with Gasteiger partial charge in [-0.2, -0.15) is 9.40 Å². The average Bonchev–Trinajstić information content (AvgIpc) is 3.17. The third-order valence-corrected chi connectivity index (χ3v) is 7.08. The van der Waals surface area contributed by atoms with Gasteiger partial charge in [0, 0.05) is 32.1 Å². The van der Waals surface area contributed by atoms with Gasteiger partial charge in [-0.25, -0.2) is 8.42 Å². The average molecular weight is 340 g/mol. The largest absolute Gasteiger partial charge is 0.340 e. The second-order valence-electron chi connectivity index (χ2n) is 6.47. The molecule has 2 heterocycles. The smallest absolute Gasteiger partial charge is 0.246 e. The maximum absolute atomic E-state index is 12.8. The van der Waals surface area contributed by atoms with Gasteiger partial charge < -0.3 is 4.90 Å². The highest BCUT2D eigenvalue weighted by molar-refractivity contribution is 7.89. The van der Waals surface area contributed by atoms with E-state index in [9.17, 15) is 13.2 Å². The number of H-pyrrole nitrogens is 1. The molecule has 7 nitrogen and oxygen atoms in total. The maximum Gasteiger partial charge on any atom is 0.246 e. The molecule has 1 aromatic heterocycles. The van der Waals surface area contributed by atoms with E-state index in [4.69, 9.17) is 0 Å². The van der Waals surface area contributed by atoms with E-state index >= 15 is 0 Å². The number of aromatic nitrogens is 2. The summed E-state index contributed by atoms with van der Waals surface area (Å²) < 4.78 is 27.0. The van der Waals surface area contributed by atoms with Crippen LogP contribution < -0.4 is 0 Å². The number of sulfonamides is 1. The van der Waals surface area contributed by atoms with Crippen molar-refractivity contribution in [3.8, 4) is 0 Å². The van der Waals surface area contributed by atoms with Crippen LogP contribution in [0.2, 0.25) is 0 Å². The zero-order valence-electron chi connectivity index (χ0n) is 13.7. The molecule has 1 aliphatic carbocycles. The predicted octanol–water partition coefficient (Wildman–Crippen LogP) is 1.05. The normalized spacial score (nSPS) is 21.0. The molecular formula is C15H24N4O3S. The summed E-state index contributed by atoms with van der Waals surface area (Å²) in [6.45, 7) is 5.06. The number of piperazine rings is 1. The molecule has 8 heteroatoms. The first-order valence-electron chi connectivity index (χ1n) is 8.22. The van der Waals surface area contributed by atoms with Crippen molar-refractivity contribution in [2.45, 2.75) is 44.4 Å². The summed E-state index contributed by atoms with van der Waals surface area (Å²) in [5.74, 6) is 0.353. The Kier molecular flexibility index (Phi) is 4.46. The van der Waals surface area contributed by atoms with Crippen molar-refractivity contribution < 1.29 is 13.2 Å². The highest BCUT2D eigenvalue weighted by Gasteiger charge is 2.35. The van der Waals surface area contributed by atoms with Crippen molar-refractivity contribution in [3.05, 3.63) is 11.4 Å². The van der Waals surface area contributed by atoms with Crippen LogP contribution in [0, 0.1) is 19.8 Å². The SMILES string of the molecule is Cc1n[nH]c(C)c1S(=O)(=O)N1CCN(C(=O)C2CCCC2)CC1. The number of hydrogen-bond donors (Lipinski definition) is 1. The lowest BCUT2D eigenvalue weighted by Gasteiger charge is -2.35. The Bertz CT molecular complexity index is 664. The van der Waals surface area contributed by atoms with Crippen molar-refractivity contribution in [2.75, 3.05) is 26.2 Å². The molecule has 128 valence electrons. The number of aromatic amines is 1. The Morgan fingerprint density at radius 2 is 1.74 bits per heavy atom. The third-order valence-electron chi connectivity index (χ3n) is 4.91. The summed E-state index contributed by atoms with van der Waals surface area (Å²) in [6, 6.07) is 0. The number of rotatable bonds is 3. The number of carbonyl (C=O) groups is 1. The molecule has 1 aromatic rings. The summed E-state index contributed by atoms with van der Waals surface area (Å²) in [4.78, 5) is 14.5. The van der Waals surface area contributed by atoms with Crippen LogP contribution in [0.5, 0.6) is 0 Å². The summed E-state index contributed by atoms with van der Waals surface area (Å²) in [5, 5.41) is 6.70. The van der Waals surface area contributed by atoms with Gasteiger partial charge >= 0.3 is 0 Å². The standard InChI is InChI=1S/C15H24N4O3S/c1-11-14(12(2)17-16-11)23(21,22)19-9-7-18(8-10-19)15(20)13-5-3-4-6-13/h13H,3-10H2,1-2H3,(H,16,17). The number of nitrogens with one attached hydrogen (secondary N) is 1. The lowest BCUT2D eigenvalue weighted by molar-refractivity contribution is -0.136. The van der Waals surface area contributed by atoms with Crippen LogP contribution in [0.3, 0.4) is 0 Å². The Morgan fingerprint density at radius 1 is 1.13 bits per heavy atom. The van der Waals surface area contributed by atoms with Gasteiger partial charge in [0.25, 0.3) is 0 Å². The number of carbonyl (C=O) groups excluding carboxylic acids is 1. The minimum atomic E-state index is -3.55. The highest BCUT2D eigenvalue weighted by atomic mass is 32.2. The van der Waals surface area contributed by atoms with E-state index in [0.717, 1.165) is 25.7 Å². The van der Waals surface area contributed by atoms with Crippen LogP contribution in [0.15, 0.2) is 4.90 Å². The van der Waals surface area contributed by atoms with Gasteiger partial charge in [-0.1, -0.05) is 12.8 Å². The van der Waals surface area contributed by atoms with Crippen LogP contribution in [0.4, 0.5) is 0 Å². The van der Waals surface area contributed by atoms with Crippen molar-refractivity contribution in [1.82, 2.24) is 19.4 Å². The fraction of sp³-hybridized carbons (Fsp3) is 0.733. The molecule has 1 saturated carbocycles. The maximum atomic E-state index is 12.8. The molecule has 0 radical (unpaired) electrons. The van der Waals surface area contributed by atoms with Gasteiger partial charge in [-0.3, -0.25) is 9.89 Å². The monoisotopic (exact) mass is 340 g/mol.